The van der Waals surface area contributed by atoms with Crippen LogP contribution in [0.1, 0.15) is 31.2 Å². The van der Waals surface area contributed by atoms with Gasteiger partial charge in [0, 0.05) is 26.3 Å². The summed E-state index contributed by atoms with van der Waals surface area (Å²) in [4.78, 5) is 14.1. The van der Waals surface area contributed by atoms with Crippen LogP contribution in [0, 0.1) is 11.3 Å². The summed E-state index contributed by atoms with van der Waals surface area (Å²) in [7, 11) is 3.88. The van der Waals surface area contributed by atoms with Crippen LogP contribution in [0.5, 0.6) is 0 Å². The number of nitriles is 1. The van der Waals surface area contributed by atoms with E-state index in [-0.39, 0.29) is 12.2 Å². The number of aryl methyl sites for hydroxylation is 1. The van der Waals surface area contributed by atoms with Crippen molar-refractivity contribution in [3.05, 3.63) is 41.2 Å². The van der Waals surface area contributed by atoms with Gasteiger partial charge in [-0.3, -0.25) is 0 Å². The second-order valence-corrected chi connectivity index (χ2v) is 5.90. The summed E-state index contributed by atoms with van der Waals surface area (Å²) >= 11 is 0. The number of nitrogens with zero attached hydrogens (tertiary/aromatic N) is 6. The van der Waals surface area contributed by atoms with E-state index in [0.717, 1.165) is 24.1 Å². The molecule has 0 spiro atoms. The smallest absolute Gasteiger partial charge is 0.349 e. The maximum absolute atomic E-state index is 12.2. The molecule has 0 saturated carbocycles. The number of tetrazole rings is 1. The summed E-state index contributed by atoms with van der Waals surface area (Å²) in [5, 5.41) is 20.6. The molecule has 0 aliphatic carbocycles. The van der Waals surface area contributed by atoms with Crippen LogP contribution in [0.2, 0.25) is 0 Å². The number of rotatable bonds is 8. The molecule has 1 aromatic carbocycles. The van der Waals surface area contributed by atoms with Gasteiger partial charge < -0.3 is 9.64 Å². The van der Waals surface area contributed by atoms with Gasteiger partial charge in [-0.1, -0.05) is 25.5 Å². The molecular weight excluding hydrogens is 332 g/mol. The fraction of sp³-hybridized carbons (Fsp3) is 0.389. The summed E-state index contributed by atoms with van der Waals surface area (Å²) in [5.74, 6) is -0.242. The molecule has 8 heteroatoms. The zero-order valence-electron chi connectivity index (χ0n) is 15.2. The first-order valence-electron chi connectivity index (χ1n) is 8.36. The van der Waals surface area contributed by atoms with Gasteiger partial charge in [0.05, 0.1) is 0 Å². The van der Waals surface area contributed by atoms with Crippen molar-refractivity contribution in [1.29, 1.82) is 5.26 Å². The summed E-state index contributed by atoms with van der Waals surface area (Å²) < 4.78 is 6.80. The number of carbonyl (C=O) groups excluding carboxylic acids is 1. The predicted molar refractivity (Wildman–Crippen MR) is 96.9 cm³/mol. The van der Waals surface area contributed by atoms with Gasteiger partial charge in [0.15, 0.2) is 12.4 Å². The predicted octanol–water partition coefficient (Wildman–Crippen LogP) is 2.19. The highest BCUT2D eigenvalue weighted by Gasteiger charge is 2.14. The number of carbonyl (C=O) groups is 1. The van der Waals surface area contributed by atoms with Crippen molar-refractivity contribution >= 4 is 17.7 Å². The van der Waals surface area contributed by atoms with E-state index in [2.05, 4.69) is 22.4 Å². The van der Waals surface area contributed by atoms with E-state index in [9.17, 15) is 10.1 Å². The molecule has 0 unspecified atom stereocenters. The zero-order chi connectivity index (χ0) is 18.9. The average Bonchev–Trinajstić information content (AvgIpc) is 3.10. The first-order valence-corrected chi connectivity index (χ1v) is 8.36. The van der Waals surface area contributed by atoms with Gasteiger partial charge in [0.2, 0.25) is 0 Å². The molecule has 0 fully saturated rings. The summed E-state index contributed by atoms with van der Waals surface area (Å²) in [6.45, 7) is 2.66. The van der Waals surface area contributed by atoms with Gasteiger partial charge >= 0.3 is 5.97 Å². The van der Waals surface area contributed by atoms with E-state index in [4.69, 9.17) is 4.74 Å². The normalized spacial score (nSPS) is 11.1. The largest absolute Gasteiger partial charge is 0.453 e. The summed E-state index contributed by atoms with van der Waals surface area (Å²) in [6.07, 6.45) is 3.44. The van der Waals surface area contributed by atoms with Gasteiger partial charge in [-0.2, -0.15) is 5.26 Å². The SMILES string of the molecule is CCCCn1nnnc1COC(=O)/C(C#N)=C\c1ccc(N(C)C)cc1. The summed E-state index contributed by atoms with van der Waals surface area (Å²) in [5.41, 5.74) is 1.70. The number of unbranched alkanes of at least 4 members (excludes halogenated alkanes) is 1. The molecule has 2 rings (SSSR count). The van der Waals surface area contributed by atoms with Crippen molar-refractivity contribution in [2.45, 2.75) is 32.9 Å². The van der Waals surface area contributed by atoms with Crippen LogP contribution in [0.15, 0.2) is 29.8 Å². The van der Waals surface area contributed by atoms with Gasteiger partial charge in [0.25, 0.3) is 0 Å². The Morgan fingerprint density at radius 3 is 2.69 bits per heavy atom. The molecule has 0 aliphatic heterocycles. The number of aromatic nitrogens is 4. The van der Waals surface area contributed by atoms with E-state index in [1.165, 1.54) is 6.08 Å². The molecule has 0 saturated heterocycles. The highest BCUT2D eigenvalue weighted by Crippen LogP contribution is 2.15. The van der Waals surface area contributed by atoms with Crippen LogP contribution in [-0.4, -0.2) is 40.3 Å². The minimum absolute atomic E-state index is 0.0739. The van der Waals surface area contributed by atoms with Crippen molar-refractivity contribution < 1.29 is 9.53 Å². The van der Waals surface area contributed by atoms with E-state index < -0.39 is 5.97 Å². The van der Waals surface area contributed by atoms with Gasteiger partial charge in [-0.25, -0.2) is 9.48 Å². The molecule has 0 atom stereocenters. The Balaban J connectivity index is 2.02. The number of esters is 1. The third kappa shape index (κ3) is 5.14. The van der Waals surface area contributed by atoms with Crippen molar-refractivity contribution in [2.75, 3.05) is 19.0 Å². The first-order chi connectivity index (χ1) is 12.5. The third-order valence-corrected chi connectivity index (χ3v) is 3.72. The Bertz CT molecular complexity index is 802. The quantitative estimate of drug-likeness (QED) is 0.407. The molecular formula is C18H22N6O2. The van der Waals surface area contributed by atoms with E-state index in [0.29, 0.717) is 12.4 Å². The fourth-order valence-electron chi connectivity index (χ4n) is 2.19. The number of hydrogen-bond donors (Lipinski definition) is 0. The molecule has 0 radical (unpaired) electrons. The standard InChI is InChI=1S/C18H22N6O2/c1-4-5-10-24-17(20-21-22-24)13-26-18(25)15(12-19)11-14-6-8-16(9-7-14)23(2)3/h6-9,11H,4-5,10,13H2,1-3H3/b15-11-. The highest BCUT2D eigenvalue weighted by atomic mass is 16.5. The Labute approximate surface area is 152 Å². The van der Waals surface area contributed by atoms with Crippen molar-refractivity contribution in [3.8, 4) is 6.07 Å². The van der Waals surface area contributed by atoms with Gasteiger partial charge in [-0.05, 0) is 40.6 Å². The molecule has 0 N–H and O–H groups in total. The summed E-state index contributed by atoms with van der Waals surface area (Å²) in [6, 6.07) is 9.38. The maximum atomic E-state index is 12.2. The second-order valence-electron chi connectivity index (χ2n) is 5.90. The topological polar surface area (TPSA) is 96.9 Å². The molecule has 8 nitrogen and oxygen atoms in total. The average molecular weight is 354 g/mol. The van der Waals surface area contributed by atoms with Crippen LogP contribution in [0.3, 0.4) is 0 Å². The van der Waals surface area contributed by atoms with Crippen molar-refractivity contribution in [3.63, 3.8) is 0 Å². The molecule has 1 aromatic heterocycles. The fourth-order valence-corrected chi connectivity index (χ4v) is 2.19. The molecule has 2 aromatic rings. The van der Waals surface area contributed by atoms with Crippen LogP contribution in [0.25, 0.3) is 6.08 Å². The van der Waals surface area contributed by atoms with E-state index in [1.54, 1.807) is 4.68 Å². The lowest BCUT2D eigenvalue weighted by molar-refractivity contribution is -0.140. The molecule has 0 aliphatic rings. The minimum atomic E-state index is -0.700. The molecule has 0 amide bonds. The molecule has 26 heavy (non-hydrogen) atoms. The highest BCUT2D eigenvalue weighted by molar-refractivity contribution is 5.97. The molecule has 0 bridgehead atoms. The Morgan fingerprint density at radius 1 is 1.35 bits per heavy atom. The van der Waals surface area contributed by atoms with Gasteiger partial charge in [-0.15, -0.1) is 5.10 Å². The first kappa shape index (κ1) is 19.1. The van der Waals surface area contributed by atoms with Crippen molar-refractivity contribution in [1.82, 2.24) is 20.2 Å². The number of hydrogen-bond acceptors (Lipinski definition) is 7. The van der Waals surface area contributed by atoms with E-state index >= 15 is 0 Å². The lowest BCUT2D eigenvalue weighted by atomic mass is 10.1. The third-order valence-electron chi connectivity index (χ3n) is 3.72. The van der Waals surface area contributed by atoms with Crippen LogP contribution in [0.4, 0.5) is 5.69 Å². The number of anilines is 1. The van der Waals surface area contributed by atoms with Gasteiger partial charge in [0.1, 0.15) is 11.6 Å². The number of benzene rings is 1. The monoisotopic (exact) mass is 354 g/mol. The lowest BCUT2D eigenvalue weighted by Gasteiger charge is -2.11. The maximum Gasteiger partial charge on any atom is 0.349 e. The minimum Gasteiger partial charge on any atom is -0.453 e. The number of ether oxygens (including phenoxy) is 1. The Hall–Kier alpha value is -3.21. The van der Waals surface area contributed by atoms with Crippen LogP contribution in [-0.2, 0) is 22.7 Å². The lowest BCUT2D eigenvalue weighted by Crippen LogP contribution is -2.12. The van der Waals surface area contributed by atoms with Crippen LogP contribution >= 0.6 is 0 Å². The molecule has 136 valence electrons. The van der Waals surface area contributed by atoms with E-state index in [1.807, 2.05) is 49.3 Å². The molecule has 1 heterocycles. The second kappa shape index (κ2) is 9.32. The zero-order valence-corrected chi connectivity index (χ0v) is 15.2. The Kier molecular flexibility index (Phi) is 6.85. The van der Waals surface area contributed by atoms with Crippen LogP contribution < -0.4 is 4.90 Å². The van der Waals surface area contributed by atoms with Crippen molar-refractivity contribution in [2.24, 2.45) is 0 Å². The Morgan fingerprint density at radius 2 is 2.08 bits per heavy atom.